The Morgan fingerprint density at radius 1 is 1.40 bits per heavy atom. The molecule has 1 heterocycles. The first kappa shape index (κ1) is 15.5. The summed E-state index contributed by atoms with van der Waals surface area (Å²) in [5, 5.41) is 11.6. The molecule has 1 aromatic heterocycles. The second kappa shape index (κ2) is 6.69. The normalized spacial score (nSPS) is 12.2. The Labute approximate surface area is 134 Å². The summed E-state index contributed by atoms with van der Waals surface area (Å²) in [6.07, 6.45) is 0. The SMILES string of the molecule is Cc1ccc(NC(=O)C(C)Sc2nnc(C)s2)c(Br)c1. The molecule has 2 aromatic rings. The van der Waals surface area contributed by atoms with Crippen LogP contribution in [0.15, 0.2) is 27.0 Å². The van der Waals surface area contributed by atoms with Gasteiger partial charge in [0.15, 0.2) is 4.34 Å². The molecule has 1 aromatic carbocycles. The van der Waals surface area contributed by atoms with Gasteiger partial charge in [-0.1, -0.05) is 29.2 Å². The Hall–Kier alpha value is -0.920. The number of benzene rings is 1. The maximum atomic E-state index is 12.2. The molecule has 0 saturated carbocycles. The fourth-order valence-corrected chi connectivity index (χ4v) is 4.04. The molecule has 0 radical (unpaired) electrons. The van der Waals surface area contributed by atoms with Gasteiger partial charge in [-0.05, 0) is 54.4 Å². The predicted molar refractivity (Wildman–Crippen MR) is 87.5 cm³/mol. The molecule has 0 aliphatic rings. The molecule has 0 bridgehead atoms. The highest BCUT2D eigenvalue weighted by Gasteiger charge is 2.17. The van der Waals surface area contributed by atoms with Crippen LogP contribution in [0.1, 0.15) is 17.5 Å². The highest BCUT2D eigenvalue weighted by molar-refractivity contribution is 9.10. The zero-order valence-electron chi connectivity index (χ0n) is 11.3. The van der Waals surface area contributed by atoms with Crippen LogP contribution in [-0.4, -0.2) is 21.4 Å². The van der Waals surface area contributed by atoms with Crippen molar-refractivity contribution in [3.8, 4) is 0 Å². The minimum atomic E-state index is -0.226. The van der Waals surface area contributed by atoms with Crippen LogP contribution in [0.5, 0.6) is 0 Å². The highest BCUT2D eigenvalue weighted by atomic mass is 79.9. The molecule has 1 unspecified atom stereocenters. The number of aryl methyl sites for hydroxylation is 2. The second-order valence-electron chi connectivity index (χ2n) is 4.32. The first-order chi connectivity index (χ1) is 9.45. The van der Waals surface area contributed by atoms with E-state index in [-0.39, 0.29) is 11.2 Å². The third kappa shape index (κ3) is 4.04. The highest BCUT2D eigenvalue weighted by Crippen LogP contribution is 2.28. The van der Waals surface area contributed by atoms with E-state index in [0.29, 0.717) is 0 Å². The number of hydrogen-bond acceptors (Lipinski definition) is 5. The van der Waals surface area contributed by atoms with Crippen LogP contribution in [0.2, 0.25) is 0 Å². The standard InChI is InChI=1S/C13H14BrN3OS2/c1-7-4-5-11(10(14)6-7)15-12(18)8(2)19-13-17-16-9(3)20-13/h4-6,8H,1-3H3,(H,15,18). The lowest BCUT2D eigenvalue weighted by Gasteiger charge is -2.12. The van der Waals surface area contributed by atoms with Crippen molar-refractivity contribution in [1.29, 1.82) is 0 Å². The van der Waals surface area contributed by atoms with Crippen molar-refractivity contribution in [2.45, 2.75) is 30.4 Å². The lowest BCUT2D eigenvalue weighted by Crippen LogP contribution is -2.22. The first-order valence-electron chi connectivity index (χ1n) is 5.99. The molecule has 7 heteroatoms. The lowest BCUT2D eigenvalue weighted by molar-refractivity contribution is -0.115. The molecule has 1 N–H and O–H groups in total. The predicted octanol–water partition coefficient (Wildman–Crippen LogP) is 4.04. The van der Waals surface area contributed by atoms with Crippen molar-refractivity contribution in [2.75, 3.05) is 5.32 Å². The van der Waals surface area contributed by atoms with Crippen molar-refractivity contribution in [3.05, 3.63) is 33.2 Å². The van der Waals surface area contributed by atoms with Crippen molar-refractivity contribution >= 4 is 50.6 Å². The van der Waals surface area contributed by atoms with Crippen LogP contribution in [0.4, 0.5) is 5.69 Å². The van der Waals surface area contributed by atoms with Gasteiger partial charge in [-0.15, -0.1) is 10.2 Å². The van der Waals surface area contributed by atoms with Gasteiger partial charge >= 0.3 is 0 Å². The third-order valence-electron chi connectivity index (χ3n) is 2.54. The number of nitrogens with one attached hydrogen (secondary N) is 1. The summed E-state index contributed by atoms with van der Waals surface area (Å²) in [6, 6.07) is 5.83. The quantitative estimate of drug-likeness (QED) is 0.824. The number of anilines is 1. The molecule has 106 valence electrons. The van der Waals surface area contributed by atoms with Gasteiger partial charge in [0.2, 0.25) is 5.91 Å². The van der Waals surface area contributed by atoms with Crippen LogP contribution < -0.4 is 5.32 Å². The molecule has 4 nitrogen and oxygen atoms in total. The van der Waals surface area contributed by atoms with Crippen LogP contribution in [-0.2, 0) is 4.79 Å². The maximum absolute atomic E-state index is 12.2. The van der Waals surface area contributed by atoms with Gasteiger partial charge in [0, 0.05) is 4.47 Å². The Balaban J connectivity index is 2.00. The maximum Gasteiger partial charge on any atom is 0.237 e. The number of thioether (sulfide) groups is 1. The number of carbonyl (C=O) groups is 1. The number of nitrogens with zero attached hydrogens (tertiary/aromatic N) is 2. The largest absolute Gasteiger partial charge is 0.324 e. The van der Waals surface area contributed by atoms with Crippen LogP contribution in [0.25, 0.3) is 0 Å². The summed E-state index contributed by atoms with van der Waals surface area (Å²) in [5.74, 6) is -0.0487. The monoisotopic (exact) mass is 371 g/mol. The van der Waals surface area contributed by atoms with E-state index in [1.807, 2.05) is 39.0 Å². The van der Waals surface area contributed by atoms with Gasteiger partial charge in [0.1, 0.15) is 5.01 Å². The van der Waals surface area contributed by atoms with Crippen molar-refractivity contribution < 1.29 is 4.79 Å². The zero-order chi connectivity index (χ0) is 14.7. The van der Waals surface area contributed by atoms with Crippen molar-refractivity contribution in [1.82, 2.24) is 10.2 Å². The molecule has 0 fully saturated rings. The number of rotatable bonds is 4. The van der Waals surface area contributed by atoms with E-state index in [0.717, 1.165) is 25.1 Å². The molecule has 0 aliphatic heterocycles. The number of amides is 1. The molecule has 0 saturated heterocycles. The van der Waals surface area contributed by atoms with Gasteiger partial charge in [0.05, 0.1) is 10.9 Å². The number of halogens is 1. The number of hydrogen-bond donors (Lipinski definition) is 1. The summed E-state index contributed by atoms with van der Waals surface area (Å²) < 4.78 is 1.70. The molecule has 0 aliphatic carbocycles. The third-order valence-corrected chi connectivity index (χ3v) is 5.22. The van der Waals surface area contributed by atoms with Gasteiger partial charge in [-0.2, -0.15) is 0 Å². The van der Waals surface area contributed by atoms with Crippen LogP contribution in [0, 0.1) is 13.8 Å². The average molecular weight is 372 g/mol. The molecule has 1 amide bonds. The second-order valence-corrected chi connectivity index (χ2v) is 7.94. The van der Waals surface area contributed by atoms with E-state index in [1.54, 1.807) is 0 Å². The molecular weight excluding hydrogens is 358 g/mol. The van der Waals surface area contributed by atoms with E-state index in [4.69, 9.17) is 0 Å². The molecule has 0 spiro atoms. The first-order valence-corrected chi connectivity index (χ1v) is 8.48. The summed E-state index contributed by atoms with van der Waals surface area (Å²) >= 11 is 6.37. The number of carbonyl (C=O) groups excluding carboxylic acids is 1. The van der Waals surface area contributed by atoms with Crippen molar-refractivity contribution in [3.63, 3.8) is 0 Å². The van der Waals surface area contributed by atoms with Gasteiger partial charge in [-0.25, -0.2) is 0 Å². The van der Waals surface area contributed by atoms with Crippen molar-refractivity contribution in [2.24, 2.45) is 0 Å². The van der Waals surface area contributed by atoms with E-state index in [9.17, 15) is 4.79 Å². The molecular formula is C13H14BrN3OS2. The fraction of sp³-hybridized carbons (Fsp3) is 0.308. The van der Waals surface area contributed by atoms with Crippen LogP contribution in [0.3, 0.4) is 0 Å². The summed E-state index contributed by atoms with van der Waals surface area (Å²) in [6.45, 7) is 5.77. The Morgan fingerprint density at radius 3 is 2.75 bits per heavy atom. The zero-order valence-corrected chi connectivity index (χ0v) is 14.5. The van der Waals surface area contributed by atoms with Gasteiger partial charge in [-0.3, -0.25) is 4.79 Å². The summed E-state index contributed by atoms with van der Waals surface area (Å²) in [4.78, 5) is 12.2. The molecule has 2 rings (SSSR count). The van der Waals surface area contributed by atoms with E-state index >= 15 is 0 Å². The average Bonchev–Trinajstić information content (AvgIpc) is 2.78. The van der Waals surface area contributed by atoms with E-state index < -0.39 is 0 Å². The summed E-state index contributed by atoms with van der Waals surface area (Å²) in [7, 11) is 0. The van der Waals surface area contributed by atoms with E-state index in [2.05, 4.69) is 31.4 Å². The smallest absolute Gasteiger partial charge is 0.237 e. The number of aromatic nitrogens is 2. The van der Waals surface area contributed by atoms with Crippen LogP contribution >= 0.6 is 39.0 Å². The minimum absolute atomic E-state index is 0.0487. The lowest BCUT2D eigenvalue weighted by atomic mass is 10.2. The Kier molecular flexibility index (Phi) is 5.17. The molecule has 20 heavy (non-hydrogen) atoms. The topological polar surface area (TPSA) is 54.9 Å². The van der Waals surface area contributed by atoms with E-state index in [1.165, 1.54) is 23.1 Å². The fourth-order valence-electron chi connectivity index (χ4n) is 1.49. The Morgan fingerprint density at radius 2 is 2.15 bits per heavy atom. The molecule has 1 atom stereocenters. The minimum Gasteiger partial charge on any atom is -0.324 e. The summed E-state index contributed by atoms with van der Waals surface area (Å²) in [5.41, 5.74) is 1.92. The Bertz CT molecular complexity index is 630. The van der Waals surface area contributed by atoms with Gasteiger partial charge < -0.3 is 5.32 Å². The van der Waals surface area contributed by atoms with Gasteiger partial charge in [0.25, 0.3) is 0 Å².